The Hall–Kier alpha value is -2.14. The lowest BCUT2D eigenvalue weighted by Crippen LogP contribution is -2.17. The molecule has 29 heavy (non-hydrogen) atoms. The molecule has 0 aliphatic carbocycles. The SMILES string of the molecule is CCCCCCCCCn1cc(-c2noc([C@@H]3CCCN3C)n2)c2ccccc21. The van der Waals surface area contributed by atoms with Crippen molar-refractivity contribution in [1.82, 2.24) is 19.6 Å². The molecule has 4 rings (SSSR count). The zero-order chi connectivity index (χ0) is 20.1. The van der Waals surface area contributed by atoms with Crippen molar-refractivity contribution in [2.24, 2.45) is 0 Å². The van der Waals surface area contributed by atoms with Crippen molar-refractivity contribution in [3.05, 3.63) is 36.4 Å². The largest absolute Gasteiger partial charge is 0.347 e. The maximum Gasteiger partial charge on any atom is 0.244 e. The van der Waals surface area contributed by atoms with E-state index < -0.39 is 0 Å². The van der Waals surface area contributed by atoms with Gasteiger partial charge in [0.25, 0.3) is 0 Å². The molecule has 2 aromatic heterocycles. The first-order valence-electron chi connectivity index (χ1n) is 11.4. The smallest absolute Gasteiger partial charge is 0.244 e. The van der Waals surface area contributed by atoms with Crippen LogP contribution in [0.1, 0.15) is 76.6 Å². The van der Waals surface area contributed by atoms with Gasteiger partial charge in [-0.1, -0.05) is 68.8 Å². The van der Waals surface area contributed by atoms with E-state index in [1.54, 1.807) is 0 Å². The summed E-state index contributed by atoms with van der Waals surface area (Å²) in [5, 5.41) is 5.55. The fourth-order valence-electron chi connectivity index (χ4n) is 4.55. The summed E-state index contributed by atoms with van der Waals surface area (Å²) in [7, 11) is 2.13. The van der Waals surface area contributed by atoms with E-state index in [0.29, 0.717) is 0 Å². The molecule has 0 bridgehead atoms. The van der Waals surface area contributed by atoms with Crippen molar-refractivity contribution in [2.45, 2.75) is 77.3 Å². The van der Waals surface area contributed by atoms with Gasteiger partial charge in [-0.05, 0) is 38.9 Å². The lowest BCUT2D eigenvalue weighted by atomic mass is 10.1. The van der Waals surface area contributed by atoms with Crippen LogP contribution in [0.3, 0.4) is 0 Å². The van der Waals surface area contributed by atoms with Crippen molar-refractivity contribution in [1.29, 1.82) is 0 Å². The molecule has 0 radical (unpaired) electrons. The van der Waals surface area contributed by atoms with Gasteiger partial charge in [-0.25, -0.2) is 0 Å². The quantitative estimate of drug-likeness (QED) is 0.384. The van der Waals surface area contributed by atoms with Crippen LogP contribution in [0.15, 0.2) is 35.0 Å². The van der Waals surface area contributed by atoms with Gasteiger partial charge in [-0.15, -0.1) is 0 Å². The predicted octanol–water partition coefficient (Wildman–Crippen LogP) is 6.21. The Morgan fingerprint density at radius 3 is 2.66 bits per heavy atom. The van der Waals surface area contributed by atoms with Crippen LogP contribution in [-0.4, -0.2) is 33.2 Å². The zero-order valence-electron chi connectivity index (χ0n) is 17.9. The van der Waals surface area contributed by atoms with Crippen molar-refractivity contribution in [2.75, 3.05) is 13.6 Å². The van der Waals surface area contributed by atoms with E-state index in [1.165, 1.54) is 62.3 Å². The Morgan fingerprint density at radius 1 is 1.07 bits per heavy atom. The molecule has 0 spiro atoms. The van der Waals surface area contributed by atoms with Gasteiger partial charge in [0.2, 0.25) is 11.7 Å². The molecule has 3 aromatic rings. The first kappa shape index (κ1) is 20.1. The molecule has 5 nitrogen and oxygen atoms in total. The normalized spacial score (nSPS) is 17.5. The fraction of sp³-hybridized carbons (Fsp3) is 0.583. The number of hydrogen-bond donors (Lipinski definition) is 0. The average Bonchev–Trinajstić information content (AvgIpc) is 3.45. The molecule has 3 heterocycles. The number of hydrogen-bond acceptors (Lipinski definition) is 4. The standard InChI is InChI=1S/C24H34N4O/c1-3-4-5-6-7-8-11-17-28-18-20(19-13-9-10-14-21(19)28)23-25-24(29-26-23)22-15-12-16-27(22)2/h9-10,13-14,18,22H,3-8,11-12,15-17H2,1-2H3/t22-/m0/s1. The molecular weight excluding hydrogens is 360 g/mol. The van der Waals surface area contributed by atoms with E-state index in [4.69, 9.17) is 9.51 Å². The summed E-state index contributed by atoms with van der Waals surface area (Å²) in [5.74, 6) is 1.47. The summed E-state index contributed by atoms with van der Waals surface area (Å²) in [4.78, 5) is 7.09. The van der Waals surface area contributed by atoms with Gasteiger partial charge in [0.05, 0.1) is 6.04 Å². The Labute approximate surface area is 174 Å². The second-order valence-corrected chi connectivity index (χ2v) is 8.47. The van der Waals surface area contributed by atoms with E-state index in [-0.39, 0.29) is 6.04 Å². The van der Waals surface area contributed by atoms with Gasteiger partial charge >= 0.3 is 0 Å². The average molecular weight is 395 g/mol. The Kier molecular flexibility index (Phi) is 6.65. The lowest BCUT2D eigenvalue weighted by Gasteiger charge is -2.14. The third-order valence-corrected chi connectivity index (χ3v) is 6.28. The molecule has 5 heteroatoms. The lowest BCUT2D eigenvalue weighted by molar-refractivity contribution is 0.245. The predicted molar refractivity (Wildman–Crippen MR) is 118 cm³/mol. The van der Waals surface area contributed by atoms with Gasteiger partial charge in [0.15, 0.2) is 0 Å². The summed E-state index contributed by atoms with van der Waals surface area (Å²) in [6.45, 7) is 4.41. The minimum absolute atomic E-state index is 0.261. The van der Waals surface area contributed by atoms with Gasteiger partial charge in [-0.2, -0.15) is 4.98 Å². The van der Waals surface area contributed by atoms with Crippen molar-refractivity contribution in [3.63, 3.8) is 0 Å². The molecule has 1 aliphatic heterocycles. The third kappa shape index (κ3) is 4.55. The van der Waals surface area contributed by atoms with E-state index in [0.717, 1.165) is 36.8 Å². The molecule has 1 aliphatic rings. The highest BCUT2D eigenvalue weighted by Gasteiger charge is 2.28. The molecule has 0 N–H and O–H groups in total. The minimum Gasteiger partial charge on any atom is -0.347 e. The van der Waals surface area contributed by atoms with Crippen LogP contribution in [0.4, 0.5) is 0 Å². The third-order valence-electron chi connectivity index (χ3n) is 6.28. The molecule has 1 fully saturated rings. The number of unbranched alkanes of at least 4 members (excludes halogenated alkanes) is 6. The number of fused-ring (bicyclic) bond motifs is 1. The van der Waals surface area contributed by atoms with Gasteiger partial charge in [0.1, 0.15) is 0 Å². The Bertz CT molecular complexity index is 913. The molecular formula is C24H34N4O. The highest BCUT2D eigenvalue weighted by atomic mass is 16.5. The molecule has 0 amide bonds. The van der Waals surface area contributed by atoms with Gasteiger partial charge < -0.3 is 9.09 Å². The Morgan fingerprint density at radius 2 is 1.86 bits per heavy atom. The number of para-hydroxylation sites is 1. The van der Waals surface area contributed by atoms with Crippen LogP contribution in [0.5, 0.6) is 0 Å². The summed E-state index contributed by atoms with van der Waals surface area (Å²) >= 11 is 0. The molecule has 1 saturated heterocycles. The Balaban J connectivity index is 1.47. The van der Waals surface area contributed by atoms with Crippen molar-refractivity contribution < 1.29 is 4.52 Å². The van der Waals surface area contributed by atoms with Crippen LogP contribution >= 0.6 is 0 Å². The van der Waals surface area contributed by atoms with E-state index in [9.17, 15) is 0 Å². The molecule has 156 valence electrons. The maximum atomic E-state index is 5.66. The number of likely N-dealkylation sites (tertiary alicyclic amines) is 1. The fourth-order valence-corrected chi connectivity index (χ4v) is 4.55. The van der Waals surface area contributed by atoms with Crippen LogP contribution in [0, 0.1) is 0 Å². The summed E-state index contributed by atoms with van der Waals surface area (Å²) in [6.07, 6.45) is 13.8. The number of nitrogens with zero attached hydrogens (tertiary/aromatic N) is 4. The second-order valence-electron chi connectivity index (χ2n) is 8.47. The molecule has 1 atom stereocenters. The van der Waals surface area contributed by atoms with Gasteiger partial charge in [0, 0.05) is 29.2 Å². The van der Waals surface area contributed by atoms with Crippen LogP contribution in [-0.2, 0) is 6.54 Å². The first-order valence-corrected chi connectivity index (χ1v) is 11.4. The van der Waals surface area contributed by atoms with Crippen LogP contribution in [0.25, 0.3) is 22.3 Å². The highest BCUT2D eigenvalue weighted by Crippen LogP contribution is 2.33. The first-order chi connectivity index (χ1) is 14.3. The molecule has 1 aromatic carbocycles. The van der Waals surface area contributed by atoms with Gasteiger partial charge in [-0.3, -0.25) is 4.90 Å². The number of aryl methyl sites for hydroxylation is 1. The topological polar surface area (TPSA) is 47.1 Å². The summed E-state index contributed by atoms with van der Waals surface area (Å²) in [5.41, 5.74) is 2.34. The second kappa shape index (κ2) is 9.57. The molecule has 0 unspecified atom stereocenters. The van der Waals surface area contributed by atoms with E-state index in [2.05, 4.69) is 59.1 Å². The molecule has 0 saturated carbocycles. The zero-order valence-corrected chi connectivity index (χ0v) is 17.9. The van der Waals surface area contributed by atoms with Crippen LogP contribution in [0.2, 0.25) is 0 Å². The van der Waals surface area contributed by atoms with Crippen molar-refractivity contribution >= 4 is 10.9 Å². The number of aromatic nitrogens is 3. The monoisotopic (exact) mass is 394 g/mol. The summed E-state index contributed by atoms with van der Waals surface area (Å²) < 4.78 is 8.03. The van der Waals surface area contributed by atoms with E-state index >= 15 is 0 Å². The van der Waals surface area contributed by atoms with Crippen molar-refractivity contribution in [3.8, 4) is 11.4 Å². The summed E-state index contributed by atoms with van der Waals surface area (Å²) in [6, 6.07) is 8.84. The maximum absolute atomic E-state index is 5.66. The van der Waals surface area contributed by atoms with Crippen LogP contribution < -0.4 is 0 Å². The van der Waals surface area contributed by atoms with E-state index in [1.807, 2.05) is 0 Å². The number of rotatable bonds is 10. The minimum atomic E-state index is 0.261. The highest BCUT2D eigenvalue weighted by molar-refractivity contribution is 5.94. The number of benzene rings is 1.